The van der Waals surface area contributed by atoms with E-state index in [0.29, 0.717) is 63.4 Å². The summed E-state index contributed by atoms with van der Waals surface area (Å²) in [5, 5.41) is 11.4. The van der Waals surface area contributed by atoms with Crippen molar-refractivity contribution in [2.45, 2.75) is 265 Å². The molecule has 0 amide bonds. The van der Waals surface area contributed by atoms with E-state index in [2.05, 4.69) is 53.3 Å². The Morgan fingerprint density at radius 1 is 0.797 bits per heavy atom. The molecule has 0 saturated carbocycles. The van der Waals surface area contributed by atoms with Crippen LogP contribution in [0.5, 0.6) is 0 Å². The molecule has 0 aromatic heterocycles. The first kappa shape index (κ1) is 58.5. The molecule has 9 saturated heterocycles. The van der Waals surface area contributed by atoms with E-state index in [1.807, 2.05) is 13.8 Å². The average Bonchev–Trinajstić information content (AvgIpc) is 3.43. The molecule has 23 atom stereocenters. The zero-order valence-corrected chi connectivity index (χ0v) is 46.5. The van der Waals surface area contributed by atoms with Crippen molar-refractivity contribution >= 4 is 44.6 Å². The summed E-state index contributed by atoms with van der Waals surface area (Å²) in [5.41, 5.74) is -1.96. The number of rotatable bonds is 3. The minimum Gasteiger partial charge on any atom is -1.00 e. The summed E-state index contributed by atoms with van der Waals surface area (Å²) in [6.45, 7) is 18.7. The van der Waals surface area contributed by atoms with Crippen LogP contribution in [0.25, 0.3) is 0 Å². The zero-order valence-electron chi connectivity index (χ0n) is 42.0. The number of carbonyl (C=O) groups excluding carboxylic acids is 2. The van der Waals surface area contributed by atoms with Crippen LogP contribution in [0.4, 0.5) is 4.70 Å². The fourth-order valence-corrected chi connectivity index (χ4v) is 14.0. The van der Waals surface area contributed by atoms with Crippen LogP contribution < -0.4 is 51.4 Å². The van der Waals surface area contributed by atoms with Crippen molar-refractivity contribution in [1.82, 2.24) is 0 Å². The van der Waals surface area contributed by atoms with Crippen molar-refractivity contribution in [2.24, 2.45) is 5.92 Å². The third-order valence-corrected chi connectivity index (χ3v) is 17.8. The van der Waals surface area contributed by atoms with Crippen LogP contribution in [-0.4, -0.2) is 158 Å². The van der Waals surface area contributed by atoms with Crippen molar-refractivity contribution in [1.29, 1.82) is 0 Å². The Morgan fingerprint density at radius 3 is 2.26 bits per heavy atom. The summed E-state index contributed by atoms with van der Waals surface area (Å²) in [7, 11) is 0. The standard InChI is InChI=1S/C50H70O14.CH4.B.FH.HI.K.2H2.H/c1-25(24-51)14-28-17-37(52)50(8)41(54-28)19-33-34(61-50)18-32-29(55-33)10-9-12-46(4)42(58-32)23-49(7)40(62-46)21-39-47(5,64-49)13-11-30-44(60-39)26(2)15-31-36(56-30)22-48(6)38(57-31)20-35-45(63-48)27(3)16-43(53)59-35;;;;;;;;/h9-10,16,24,26,28-42,44-45,52H,1,11-15,17-23H2,2-8H3;1H4;;2*1H;;2*1H;/q;;;;;+1;;;-1/b10-9-;;;;;;;;/t26-,28?,29?,30+,31?,32+,33?,34-,35?,36-,37?,38?,39?,40?,41?,42-,44?,45-,46?,47-,48+,49+,50+;;;;;;;;/m1......../s1/i;;;;;;1+1;;. The monoisotopic (exact) mass is 1110 g/mol. The summed E-state index contributed by atoms with van der Waals surface area (Å²) in [5.74, 6) is -0.146. The number of esters is 1. The molecule has 18 heteroatoms. The van der Waals surface area contributed by atoms with E-state index in [-0.39, 0.29) is 210 Å². The van der Waals surface area contributed by atoms with Crippen LogP contribution in [-0.2, 0) is 61.7 Å². The molecular formula is C51H81BFIKO14. The number of aliphatic hydroxyl groups excluding tert-OH is 1. The number of halogens is 2. The molecule has 11 rings (SSSR count). The number of hydrogen-bond acceptors (Lipinski definition) is 14. The summed E-state index contributed by atoms with van der Waals surface area (Å²) < 4.78 is 75.6. The molecule has 1 N–H and O–H groups in total. The first-order chi connectivity index (χ1) is 30.4. The minimum absolute atomic E-state index is 0. The fourth-order valence-electron chi connectivity index (χ4n) is 14.0. The van der Waals surface area contributed by atoms with Crippen molar-refractivity contribution < 1.29 is 127 Å². The van der Waals surface area contributed by atoms with Crippen LogP contribution in [0.2, 0.25) is 0 Å². The Labute approximate surface area is 474 Å². The second-order valence-corrected chi connectivity index (χ2v) is 22.7. The molecule has 12 unspecified atom stereocenters. The van der Waals surface area contributed by atoms with E-state index in [4.69, 9.17) is 52.1 Å². The fraction of sp³-hybridized carbons (Fsp3) is 0.843. The van der Waals surface area contributed by atoms with Crippen molar-refractivity contribution in [3.8, 4) is 0 Å². The molecule has 11 aliphatic heterocycles. The normalized spacial score (nSPS) is 52.8. The van der Waals surface area contributed by atoms with E-state index in [9.17, 15) is 14.7 Å². The van der Waals surface area contributed by atoms with Gasteiger partial charge in [0, 0.05) is 68.7 Å². The molecule has 69 heavy (non-hydrogen) atoms. The Morgan fingerprint density at radius 2 is 1.51 bits per heavy atom. The summed E-state index contributed by atoms with van der Waals surface area (Å²) in [4.78, 5) is 23.6. The van der Waals surface area contributed by atoms with Gasteiger partial charge in [-0.1, -0.05) is 33.1 Å². The van der Waals surface area contributed by atoms with Gasteiger partial charge in [-0.05, 0) is 84.3 Å². The van der Waals surface area contributed by atoms with Crippen LogP contribution in [0.1, 0.15) is 137 Å². The van der Waals surface area contributed by atoms with Crippen molar-refractivity contribution in [3.63, 3.8) is 0 Å². The Balaban J connectivity index is 0.00000171. The molecule has 14 nitrogen and oxygen atoms in total. The van der Waals surface area contributed by atoms with Crippen LogP contribution in [0.3, 0.4) is 0 Å². The molecule has 0 aliphatic carbocycles. The molecule has 0 spiro atoms. The number of ether oxygens (including phenoxy) is 11. The van der Waals surface area contributed by atoms with Gasteiger partial charge in [-0.15, -0.1) is 24.0 Å². The van der Waals surface area contributed by atoms with Crippen LogP contribution in [0.15, 0.2) is 36.0 Å². The number of aldehydes is 1. The Hall–Kier alpha value is 0.281. The third kappa shape index (κ3) is 10.3. The second-order valence-electron chi connectivity index (χ2n) is 22.7. The number of fused-ring (bicyclic) bond motifs is 10. The van der Waals surface area contributed by atoms with E-state index in [1.54, 1.807) is 6.08 Å². The quantitative estimate of drug-likeness (QED) is 0.108. The van der Waals surface area contributed by atoms with Gasteiger partial charge in [0.15, 0.2) is 0 Å². The Bertz CT molecular complexity index is 1990. The number of aliphatic hydroxyl groups is 1. The predicted molar refractivity (Wildman–Crippen MR) is 264 cm³/mol. The predicted octanol–water partition coefficient (Wildman–Crippen LogP) is 4.11. The van der Waals surface area contributed by atoms with E-state index in [0.717, 1.165) is 31.1 Å². The van der Waals surface area contributed by atoms with Gasteiger partial charge in [0.2, 0.25) is 0 Å². The van der Waals surface area contributed by atoms with Crippen molar-refractivity contribution in [2.75, 3.05) is 0 Å². The maximum Gasteiger partial charge on any atom is 1.00 e. The van der Waals surface area contributed by atoms with Gasteiger partial charge in [0.1, 0.15) is 30.2 Å². The van der Waals surface area contributed by atoms with Gasteiger partial charge in [0.25, 0.3) is 0 Å². The number of hydrogen-bond donors (Lipinski definition) is 1. The first-order valence-electron chi connectivity index (χ1n) is 24.4. The minimum atomic E-state index is -0.911. The summed E-state index contributed by atoms with van der Waals surface area (Å²) in [6.07, 6.45) is 9.57. The molecule has 11 heterocycles. The van der Waals surface area contributed by atoms with E-state index < -0.39 is 34.1 Å². The largest absolute Gasteiger partial charge is 1.00 e. The number of carbonyl (C=O) groups is 2. The third-order valence-electron chi connectivity index (χ3n) is 17.8. The van der Waals surface area contributed by atoms with Gasteiger partial charge in [-0.25, -0.2) is 4.79 Å². The van der Waals surface area contributed by atoms with E-state index in [1.165, 1.54) is 0 Å². The van der Waals surface area contributed by atoms with Crippen molar-refractivity contribution in [3.05, 3.63) is 36.0 Å². The summed E-state index contributed by atoms with van der Waals surface area (Å²) >= 11 is 0. The van der Waals surface area contributed by atoms with Gasteiger partial charge < -0.3 is 58.6 Å². The maximum absolute atomic E-state index is 12.3. The molecule has 3 radical (unpaired) electrons. The molecular weight excluding hydrogens is 1030 g/mol. The second kappa shape index (κ2) is 21.4. The van der Waals surface area contributed by atoms with Gasteiger partial charge in [-0.3, -0.25) is 9.50 Å². The molecule has 9 fully saturated rings. The van der Waals surface area contributed by atoms with Crippen LogP contribution >= 0.6 is 24.0 Å². The maximum atomic E-state index is 12.3. The average molecular weight is 1120 g/mol. The molecule has 0 aromatic carbocycles. The molecule has 0 aromatic rings. The van der Waals surface area contributed by atoms with Gasteiger partial charge >= 0.3 is 57.4 Å². The first-order valence-corrected chi connectivity index (χ1v) is 24.4. The van der Waals surface area contributed by atoms with Gasteiger partial charge in [0.05, 0.1) is 108 Å². The SMILES string of the molecule is C.C=C(C=O)CC1CC(O)[C@]2(C)O[C@@H]3C[C@@H]4O[C@@H]5C[C@]6(C)O[C@]7(C)CC[C@@H]8O[C@@H]9C[C@]%10(C)O[C@@H]%11C(C)=CC(=O)OC%11CC%10OC9C[C@@H](C)C8OC7CC6OC5(C)C/C=C\C4OC3CC2O1.F.I.[2HH].[B].[H-].[HH].[K+]. The van der Waals surface area contributed by atoms with Gasteiger partial charge in [-0.2, -0.15) is 0 Å². The Kier molecular flexibility index (Phi) is 18.1. The molecule has 387 valence electrons. The summed E-state index contributed by atoms with van der Waals surface area (Å²) in [6, 6.07) is 0. The van der Waals surface area contributed by atoms with E-state index >= 15 is 0 Å². The smallest absolute Gasteiger partial charge is 1.00 e. The molecule has 11 aliphatic rings. The molecule has 0 bridgehead atoms. The zero-order chi connectivity index (χ0) is 44.7. The topological polar surface area (TPSA) is 156 Å². The van der Waals surface area contributed by atoms with Crippen LogP contribution in [0, 0.1) is 5.92 Å².